The number of aromatic carboxylic acids is 1. The number of pyridine rings is 2. The van der Waals surface area contributed by atoms with Gasteiger partial charge in [-0.1, -0.05) is 66.0 Å². The molecular formula is C25H17IrN2O2-. The van der Waals surface area contributed by atoms with Gasteiger partial charge in [-0.05, 0) is 23.2 Å². The van der Waals surface area contributed by atoms with Gasteiger partial charge in [-0.3, -0.25) is 0 Å². The molecule has 149 valence electrons. The Morgan fingerprint density at radius 3 is 2.20 bits per heavy atom. The van der Waals surface area contributed by atoms with Gasteiger partial charge in [-0.2, -0.15) is 0 Å². The SMILES string of the molecule is O=C(O)c1nccc2ccccc12.[Ir].[c-]1cc2ccccc2cc1-c1ccccn1. The van der Waals surface area contributed by atoms with Crippen LogP contribution in [0.15, 0.2) is 97.3 Å². The summed E-state index contributed by atoms with van der Waals surface area (Å²) < 4.78 is 0. The van der Waals surface area contributed by atoms with Crippen LogP contribution in [-0.4, -0.2) is 21.0 Å². The Kier molecular flexibility index (Phi) is 7.02. The van der Waals surface area contributed by atoms with E-state index in [-0.39, 0.29) is 25.8 Å². The van der Waals surface area contributed by atoms with E-state index in [0.717, 1.165) is 16.6 Å². The van der Waals surface area contributed by atoms with E-state index in [4.69, 9.17) is 5.11 Å². The molecule has 0 saturated heterocycles. The third kappa shape index (κ3) is 4.77. The number of carboxylic acid groups (broad SMARTS) is 1. The van der Waals surface area contributed by atoms with Crippen LogP contribution in [0.2, 0.25) is 0 Å². The number of carbonyl (C=O) groups is 1. The van der Waals surface area contributed by atoms with E-state index in [1.807, 2.05) is 48.5 Å². The molecule has 2 heterocycles. The van der Waals surface area contributed by atoms with Crippen molar-refractivity contribution in [3.8, 4) is 11.3 Å². The van der Waals surface area contributed by atoms with Crippen LogP contribution >= 0.6 is 0 Å². The molecule has 0 aliphatic carbocycles. The third-order valence-corrected chi connectivity index (χ3v) is 4.50. The van der Waals surface area contributed by atoms with Crippen molar-refractivity contribution in [3.05, 3.63) is 109 Å². The number of aromatic nitrogens is 2. The largest absolute Gasteiger partial charge is 0.476 e. The first kappa shape index (κ1) is 21.3. The first-order chi connectivity index (χ1) is 14.2. The van der Waals surface area contributed by atoms with Crippen molar-refractivity contribution in [2.75, 3.05) is 0 Å². The second-order valence-electron chi connectivity index (χ2n) is 6.38. The third-order valence-electron chi connectivity index (χ3n) is 4.50. The van der Waals surface area contributed by atoms with E-state index < -0.39 is 5.97 Å². The number of fused-ring (bicyclic) bond motifs is 2. The minimum atomic E-state index is -0.989. The monoisotopic (exact) mass is 570 g/mol. The molecule has 1 radical (unpaired) electrons. The molecule has 5 heteroatoms. The topological polar surface area (TPSA) is 63.1 Å². The zero-order valence-corrected chi connectivity index (χ0v) is 18.2. The van der Waals surface area contributed by atoms with Gasteiger partial charge < -0.3 is 10.1 Å². The summed E-state index contributed by atoms with van der Waals surface area (Å²) in [5.74, 6) is -0.989. The van der Waals surface area contributed by atoms with Crippen LogP contribution in [0.4, 0.5) is 0 Å². The van der Waals surface area contributed by atoms with Gasteiger partial charge >= 0.3 is 5.97 Å². The summed E-state index contributed by atoms with van der Waals surface area (Å²) in [5, 5.41) is 12.8. The van der Waals surface area contributed by atoms with E-state index in [0.29, 0.717) is 5.39 Å². The second kappa shape index (κ2) is 9.88. The van der Waals surface area contributed by atoms with Crippen LogP contribution in [-0.2, 0) is 20.1 Å². The number of benzene rings is 3. The molecule has 0 unspecified atom stereocenters. The summed E-state index contributed by atoms with van der Waals surface area (Å²) in [5.41, 5.74) is 2.12. The van der Waals surface area contributed by atoms with Crippen LogP contribution in [0.3, 0.4) is 0 Å². The number of hydrogen-bond donors (Lipinski definition) is 1. The predicted octanol–water partition coefficient (Wildman–Crippen LogP) is 5.63. The van der Waals surface area contributed by atoms with Crippen LogP contribution in [0, 0.1) is 6.07 Å². The first-order valence-corrected chi connectivity index (χ1v) is 9.11. The molecule has 0 atom stereocenters. The van der Waals surface area contributed by atoms with Crippen molar-refractivity contribution in [2.24, 2.45) is 0 Å². The van der Waals surface area contributed by atoms with Crippen molar-refractivity contribution in [3.63, 3.8) is 0 Å². The Morgan fingerprint density at radius 2 is 1.47 bits per heavy atom. The normalized spacial score (nSPS) is 10.0. The Balaban J connectivity index is 0.000000169. The fourth-order valence-electron chi connectivity index (χ4n) is 3.09. The minimum absolute atomic E-state index is 0. The zero-order valence-electron chi connectivity index (χ0n) is 15.8. The van der Waals surface area contributed by atoms with E-state index >= 15 is 0 Å². The molecule has 0 fully saturated rings. The smallest absolute Gasteiger partial charge is 0.355 e. The van der Waals surface area contributed by atoms with Crippen molar-refractivity contribution < 1.29 is 30.0 Å². The molecule has 3 aromatic carbocycles. The van der Waals surface area contributed by atoms with E-state index in [2.05, 4.69) is 34.2 Å². The standard InChI is InChI=1S/C15H10N.C10H7NO2.Ir/c1-2-6-13-11-14(9-8-12(13)5-1)15-7-3-4-10-16-15;12-10(13)9-8-4-2-1-3-7(8)5-6-11-9;/h1-8,10-11H;1-6H,(H,12,13);/q-1;;. The van der Waals surface area contributed by atoms with Gasteiger partial charge in [0.05, 0.1) is 0 Å². The average Bonchev–Trinajstić information content (AvgIpc) is 2.79. The van der Waals surface area contributed by atoms with Crippen molar-refractivity contribution in [2.45, 2.75) is 0 Å². The van der Waals surface area contributed by atoms with Gasteiger partial charge in [-0.15, -0.1) is 29.1 Å². The van der Waals surface area contributed by atoms with Crippen LogP contribution in [0.25, 0.3) is 32.8 Å². The van der Waals surface area contributed by atoms with Crippen LogP contribution < -0.4 is 0 Å². The molecule has 4 nitrogen and oxygen atoms in total. The average molecular weight is 570 g/mol. The van der Waals surface area contributed by atoms with E-state index in [1.165, 1.54) is 17.0 Å². The van der Waals surface area contributed by atoms with Gasteiger partial charge in [0.1, 0.15) is 0 Å². The predicted molar refractivity (Wildman–Crippen MR) is 115 cm³/mol. The zero-order chi connectivity index (χ0) is 20.1. The molecule has 1 N–H and O–H groups in total. The Morgan fingerprint density at radius 1 is 0.767 bits per heavy atom. The van der Waals surface area contributed by atoms with Gasteiger partial charge in [0.15, 0.2) is 5.69 Å². The maximum atomic E-state index is 10.8. The van der Waals surface area contributed by atoms with Crippen molar-refractivity contribution >= 4 is 27.5 Å². The molecule has 0 aliphatic rings. The van der Waals surface area contributed by atoms with Gasteiger partial charge in [0.25, 0.3) is 0 Å². The summed E-state index contributed by atoms with van der Waals surface area (Å²) in [7, 11) is 0. The number of nitrogens with zero attached hydrogens (tertiary/aromatic N) is 2. The summed E-state index contributed by atoms with van der Waals surface area (Å²) >= 11 is 0. The molecule has 0 amide bonds. The summed E-state index contributed by atoms with van der Waals surface area (Å²) in [6.45, 7) is 0. The Bertz CT molecular complexity index is 1280. The maximum absolute atomic E-state index is 10.8. The van der Waals surface area contributed by atoms with Crippen LogP contribution in [0.5, 0.6) is 0 Å². The van der Waals surface area contributed by atoms with Crippen LogP contribution in [0.1, 0.15) is 10.5 Å². The van der Waals surface area contributed by atoms with E-state index in [9.17, 15) is 4.79 Å². The second-order valence-corrected chi connectivity index (χ2v) is 6.38. The molecule has 30 heavy (non-hydrogen) atoms. The Hall–Kier alpha value is -3.40. The van der Waals surface area contributed by atoms with Gasteiger partial charge in [0.2, 0.25) is 0 Å². The molecular weight excluding hydrogens is 553 g/mol. The molecule has 0 bridgehead atoms. The summed E-state index contributed by atoms with van der Waals surface area (Å²) in [6, 6.07) is 30.7. The van der Waals surface area contributed by atoms with E-state index in [1.54, 1.807) is 24.4 Å². The van der Waals surface area contributed by atoms with Gasteiger partial charge in [-0.25, -0.2) is 9.78 Å². The molecule has 5 rings (SSSR count). The first-order valence-electron chi connectivity index (χ1n) is 9.11. The fraction of sp³-hybridized carbons (Fsp3) is 0. The summed E-state index contributed by atoms with van der Waals surface area (Å²) in [4.78, 5) is 18.9. The number of carboxylic acids is 1. The molecule has 0 aliphatic heterocycles. The van der Waals surface area contributed by atoms with Crippen molar-refractivity contribution in [1.82, 2.24) is 9.97 Å². The van der Waals surface area contributed by atoms with Gasteiger partial charge in [0, 0.05) is 37.9 Å². The molecule has 0 saturated carbocycles. The Labute approximate surface area is 187 Å². The quantitative estimate of drug-likeness (QED) is 0.280. The van der Waals surface area contributed by atoms with Crippen molar-refractivity contribution in [1.29, 1.82) is 0 Å². The minimum Gasteiger partial charge on any atom is -0.476 e. The fourth-order valence-corrected chi connectivity index (χ4v) is 3.09. The maximum Gasteiger partial charge on any atom is 0.355 e. The number of rotatable bonds is 2. The number of hydrogen-bond acceptors (Lipinski definition) is 3. The molecule has 2 aromatic heterocycles. The summed E-state index contributed by atoms with van der Waals surface area (Å²) in [6.07, 6.45) is 3.31. The molecule has 0 spiro atoms. The molecule has 5 aromatic rings.